The predicted octanol–water partition coefficient (Wildman–Crippen LogP) is 3.45. The summed E-state index contributed by atoms with van der Waals surface area (Å²) in [6.45, 7) is 10.6. The van der Waals surface area contributed by atoms with Crippen molar-refractivity contribution in [2.24, 2.45) is 5.41 Å². The third-order valence-corrected chi connectivity index (χ3v) is 3.58. The molecule has 0 aliphatic heterocycles. The van der Waals surface area contributed by atoms with E-state index in [9.17, 15) is 5.11 Å². The standard InChI is InChI=1S/C13H22O/c1-9(11(3)14)8-12-6-7-13(4,5)10(12)2/h8,11,14H,6-7H2,1-5H3. The van der Waals surface area contributed by atoms with Crippen molar-refractivity contribution in [1.29, 1.82) is 0 Å². The molecule has 1 N–H and O–H groups in total. The summed E-state index contributed by atoms with van der Waals surface area (Å²) in [6.07, 6.45) is 4.23. The van der Waals surface area contributed by atoms with Gasteiger partial charge in [0.1, 0.15) is 0 Å². The normalized spacial score (nSPS) is 24.3. The lowest BCUT2D eigenvalue weighted by molar-refractivity contribution is 0.231. The Morgan fingerprint density at radius 1 is 1.50 bits per heavy atom. The number of aliphatic hydroxyl groups is 1. The molecule has 14 heavy (non-hydrogen) atoms. The van der Waals surface area contributed by atoms with Gasteiger partial charge in [0.15, 0.2) is 0 Å². The Morgan fingerprint density at radius 2 is 2.07 bits per heavy atom. The van der Waals surface area contributed by atoms with Crippen LogP contribution in [0.1, 0.15) is 47.5 Å². The van der Waals surface area contributed by atoms with Crippen molar-refractivity contribution in [2.75, 3.05) is 0 Å². The predicted molar refractivity (Wildman–Crippen MR) is 61.2 cm³/mol. The van der Waals surface area contributed by atoms with Crippen molar-refractivity contribution < 1.29 is 5.11 Å². The molecule has 1 rings (SSSR count). The molecule has 1 nitrogen and oxygen atoms in total. The maximum Gasteiger partial charge on any atom is 0.0722 e. The maximum atomic E-state index is 9.41. The first-order valence-electron chi connectivity index (χ1n) is 5.41. The minimum absolute atomic E-state index is 0.320. The SMILES string of the molecule is CC(=CC1=C(C)C(C)(C)CC1)C(C)O. The monoisotopic (exact) mass is 194 g/mol. The Balaban J connectivity index is 2.91. The second-order valence-electron chi connectivity index (χ2n) is 5.10. The zero-order valence-corrected chi connectivity index (χ0v) is 10.0. The molecule has 0 bridgehead atoms. The van der Waals surface area contributed by atoms with Crippen LogP contribution in [0.15, 0.2) is 22.8 Å². The molecule has 80 valence electrons. The van der Waals surface area contributed by atoms with Gasteiger partial charge in [0.05, 0.1) is 6.10 Å². The van der Waals surface area contributed by atoms with Crippen LogP contribution in [0.3, 0.4) is 0 Å². The van der Waals surface area contributed by atoms with Crippen molar-refractivity contribution in [2.45, 2.75) is 53.6 Å². The molecule has 0 fully saturated rings. The van der Waals surface area contributed by atoms with E-state index in [1.807, 2.05) is 13.8 Å². The van der Waals surface area contributed by atoms with Crippen molar-refractivity contribution in [3.8, 4) is 0 Å². The average molecular weight is 194 g/mol. The fourth-order valence-electron chi connectivity index (χ4n) is 1.83. The Bertz CT molecular complexity index is 280. The van der Waals surface area contributed by atoms with E-state index in [2.05, 4.69) is 26.8 Å². The Morgan fingerprint density at radius 3 is 2.43 bits per heavy atom. The molecule has 0 aromatic rings. The lowest BCUT2D eigenvalue weighted by Crippen LogP contribution is -2.07. The van der Waals surface area contributed by atoms with Crippen LogP contribution < -0.4 is 0 Å². The van der Waals surface area contributed by atoms with Crippen LogP contribution in [0.5, 0.6) is 0 Å². The minimum Gasteiger partial charge on any atom is -0.389 e. The highest BCUT2D eigenvalue weighted by Crippen LogP contribution is 2.42. The van der Waals surface area contributed by atoms with E-state index in [1.165, 1.54) is 17.6 Å². The van der Waals surface area contributed by atoms with Crippen molar-refractivity contribution in [1.82, 2.24) is 0 Å². The molecule has 1 heteroatoms. The quantitative estimate of drug-likeness (QED) is 0.714. The van der Waals surface area contributed by atoms with E-state index in [4.69, 9.17) is 0 Å². The highest BCUT2D eigenvalue weighted by Gasteiger charge is 2.28. The lowest BCUT2D eigenvalue weighted by Gasteiger charge is -2.19. The molecule has 0 spiro atoms. The molecular formula is C13H22O. The fraction of sp³-hybridized carbons (Fsp3) is 0.692. The first kappa shape index (κ1) is 11.5. The summed E-state index contributed by atoms with van der Waals surface area (Å²) < 4.78 is 0. The van der Waals surface area contributed by atoms with Gasteiger partial charge in [0.2, 0.25) is 0 Å². The Hall–Kier alpha value is -0.560. The van der Waals surface area contributed by atoms with Crippen LogP contribution in [0.25, 0.3) is 0 Å². The number of hydrogen-bond donors (Lipinski definition) is 1. The zero-order valence-electron chi connectivity index (χ0n) is 10.0. The van der Waals surface area contributed by atoms with Crippen molar-refractivity contribution >= 4 is 0 Å². The average Bonchev–Trinajstić information content (AvgIpc) is 2.32. The zero-order chi connectivity index (χ0) is 10.9. The molecule has 0 heterocycles. The van der Waals surface area contributed by atoms with E-state index in [0.717, 1.165) is 12.0 Å². The van der Waals surface area contributed by atoms with E-state index >= 15 is 0 Å². The number of hydrogen-bond acceptors (Lipinski definition) is 1. The van der Waals surface area contributed by atoms with Gasteiger partial charge in [-0.3, -0.25) is 0 Å². The van der Waals surface area contributed by atoms with Gasteiger partial charge in [0, 0.05) is 0 Å². The van der Waals surface area contributed by atoms with Crippen LogP contribution in [-0.4, -0.2) is 11.2 Å². The first-order chi connectivity index (χ1) is 6.34. The van der Waals surface area contributed by atoms with E-state index in [1.54, 1.807) is 0 Å². The van der Waals surface area contributed by atoms with Gasteiger partial charge < -0.3 is 5.11 Å². The first-order valence-corrected chi connectivity index (χ1v) is 5.41. The molecule has 0 aromatic carbocycles. The number of rotatable bonds is 2. The summed E-state index contributed by atoms with van der Waals surface area (Å²) in [5, 5.41) is 9.41. The molecule has 1 unspecified atom stereocenters. The van der Waals surface area contributed by atoms with E-state index < -0.39 is 0 Å². The summed E-state index contributed by atoms with van der Waals surface area (Å²) in [5.74, 6) is 0. The molecular weight excluding hydrogens is 172 g/mol. The van der Waals surface area contributed by atoms with Crippen LogP contribution in [0.2, 0.25) is 0 Å². The number of aliphatic hydroxyl groups excluding tert-OH is 1. The topological polar surface area (TPSA) is 20.2 Å². The van der Waals surface area contributed by atoms with Crippen LogP contribution >= 0.6 is 0 Å². The van der Waals surface area contributed by atoms with Crippen molar-refractivity contribution in [3.63, 3.8) is 0 Å². The van der Waals surface area contributed by atoms with Crippen LogP contribution in [0, 0.1) is 5.41 Å². The maximum absolute atomic E-state index is 9.41. The van der Waals surface area contributed by atoms with Crippen LogP contribution in [0.4, 0.5) is 0 Å². The highest BCUT2D eigenvalue weighted by molar-refractivity contribution is 5.35. The second-order valence-corrected chi connectivity index (χ2v) is 5.10. The highest BCUT2D eigenvalue weighted by atomic mass is 16.3. The summed E-state index contributed by atoms with van der Waals surface area (Å²) in [4.78, 5) is 0. The Labute approximate surface area is 87.5 Å². The summed E-state index contributed by atoms with van der Waals surface area (Å²) in [6, 6.07) is 0. The second kappa shape index (κ2) is 3.90. The van der Waals surface area contributed by atoms with Crippen LogP contribution in [-0.2, 0) is 0 Å². The van der Waals surface area contributed by atoms with E-state index in [0.29, 0.717) is 5.41 Å². The molecule has 1 aliphatic rings. The molecule has 0 radical (unpaired) electrons. The molecule has 1 aliphatic carbocycles. The number of allylic oxidation sites excluding steroid dienone is 3. The van der Waals surface area contributed by atoms with Crippen molar-refractivity contribution in [3.05, 3.63) is 22.8 Å². The molecule has 1 atom stereocenters. The van der Waals surface area contributed by atoms with Gasteiger partial charge in [-0.15, -0.1) is 0 Å². The van der Waals surface area contributed by atoms with Gasteiger partial charge in [-0.05, 0) is 50.2 Å². The summed E-state index contributed by atoms with van der Waals surface area (Å²) in [5.41, 5.74) is 4.33. The summed E-state index contributed by atoms with van der Waals surface area (Å²) in [7, 11) is 0. The van der Waals surface area contributed by atoms with Gasteiger partial charge in [-0.1, -0.05) is 25.5 Å². The largest absolute Gasteiger partial charge is 0.389 e. The van der Waals surface area contributed by atoms with Gasteiger partial charge in [-0.2, -0.15) is 0 Å². The molecule has 0 saturated heterocycles. The third-order valence-electron chi connectivity index (χ3n) is 3.58. The Kier molecular flexibility index (Phi) is 3.20. The van der Waals surface area contributed by atoms with E-state index in [-0.39, 0.29) is 6.10 Å². The van der Waals surface area contributed by atoms with Gasteiger partial charge in [0.25, 0.3) is 0 Å². The van der Waals surface area contributed by atoms with Gasteiger partial charge in [-0.25, -0.2) is 0 Å². The third kappa shape index (κ3) is 2.27. The molecule has 0 aromatic heterocycles. The molecule has 0 amide bonds. The van der Waals surface area contributed by atoms with Gasteiger partial charge >= 0.3 is 0 Å². The minimum atomic E-state index is -0.320. The smallest absolute Gasteiger partial charge is 0.0722 e. The summed E-state index contributed by atoms with van der Waals surface area (Å²) >= 11 is 0. The lowest BCUT2D eigenvalue weighted by atomic mass is 9.86. The fourth-order valence-corrected chi connectivity index (χ4v) is 1.83. The molecule has 0 saturated carbocycles.